The van der Waals surface area contributed by atoms with Gasteiger partial charge in [0.05, 0.1) is 6.04 Å². The molecule has 0 spiro atoms. The highest BCUT2D eigenvalue weighted by Crippen LogP contribution is 2.35. The molecule has 1 aliphatic carbocycles. The Morgan fingerprint density at radius 3 is 2.56 bits per heavy atom. The van der Waals surface area contributed by atoms with E-state index < -0.39 is 0 Å². The van der Waals surface area contributed by atoms with Crippen molar-refractivity contribution in [3.05, 3.63) is 0 Å². The van der Waals surface area contributed by atoms with E-state index in [-0.39, 0.29) is 11.9 Å². The van der Waals surface area contributed by atoms with Crippen molar-refractivity contribution < 1.29 is 4.79 Å². The molecule has 2 N–H and O–H groups in total. The third-order valence-corrected chi connectivity index (χ3v) is 4.56. The molecule has 1 atom stereocenters. The van der Waals surface area contributed by atoms with Gasteiger partial charge in [0, 0.05) is 6.04 Å². The lowest BCUT2D eigenvalue weighted by Gasteiger charge is -2.35. The van der Waals surface area contributed by atoms with Crippen LogP contribution in [-0.2, 0) is 4.79 Å². The van der Waals surface area contributed by atoms with Gasteiger partial charge in [0.25, 0.3) is 0 Å². The van der Waals surface area contributed by atoms with Crippen LogP contribution in [0.1, 0.15) is 65.2 Å². The summed E-state index contributed by atoms with van der Waals surface area (Å²) in [6.07, 6.45) is 9.41. The second-order valence-corrected chi connectivity index (χ2v) is 6.80. The molecule has 1 saturated carbocycles. The zero-order valence-corrected chi connectivity index (χ0v) is 11.9. The van der Waals surface area contributed by atoms with Crippen LogP contribution in [0.2, 0.25) is 0 Å². The van der Waals surface area contributed by atoms with Crippen molar-refractivity contribution in [3.63, 3.8) is 0 Å². The van der Waals surface area contributed by atoms with Crippen molar-refractivity contribution in [1.82, 2.24) is 10.6 Å². The molecule has 1 heterocycles. The molecule has 1 aliphatic heterocycles. The number of hydrogen-bond acceptors (Lipinski definition) is 2. The molecule has 3 nitrogen and oxygen atoms in total. The summed E-state index contributed by atoms with van der Waals surface area (Å²) in [7, 11) is 0. The molecule has 1 amide bonds. The van der Waals surface area contributed by atoms with Gasteiger partial charge in [-0.15, -0.1) is 0 Å². The number of rotatable bonds is 2. The Kier molecular flexibility index (Phi) is 4.66. The first-order chi connectivity index (χ1) is 8.57. The summed E-state index contributed by atoms with van der Waals surface area (Å²) < 4.78 is 0. The number of carbonyl (C=O) groups is 1. The first kappa shape index (κ1) is 13.9. The summed E-state index contributed by atoms with van der Waals surface area (Å²) in [5.41, 5.74) is 0.474. The monoisotopic (exact) mass is 252 g/mol. The predicted octanol–water partition coefficient (Wildman–Crippen LogP) is 2.60. The lowest BCUT2D eigenvalue weighted by atomic mass is 9.75. The Labute approximate surface area is 111 Å². The minimum Gasteiger partial charge on any atom is -0.352 e. The summed E-state index contributed by atoms with van der Waals surface area (Å²) in [5.74, 6) is 0.238. The fourth-order valence-electron chi connectivity index (χ4n) is 3.10. The lowest BCUT2D eigenvalue weighted by Crippen LogP contribution is -2.48. The van der Waals surface area contributed by atoms with Crippen molar-refractivity contribution in [1.29, 1.82) is 0 Å². The van der Waals surface area contributed by atoms with Crippen molar-refractivity contribution in [3.8, 4) is 0 Å². The maximum absolute atomic E-state index is 12.2. The first-order valence-electron chi connectivity index (χ1n) is 7.61. The summed E-state index contributed by atoms with van der Waals surface area (Å²) in [6.45, 7) is 5.66. The standard InChI is InChI=1S/C15H28N2O/c1-15(2)9-7-12(8-10-15)17-14(18)13-6-4-3-5-11-16-13/h12-13,16H,3-11H2,1-2H3,(H,17,18). The average Bonchev–Trinajstić information content (AvgIpc) is 2.60. The zero-order chi connectivity index (χ0) is 13.0. The Morgan fingerprint density at radius 2 is 1.83 bits per heavy atom. The number of nitrogens with one attached hydrogen (secondary N) is 2. The summed E-state index contributed by atoms with van der Waals surface area (Å²) >= 11 is 0. The van der Waals surface area contributed by atoms with Gasteiger partial charge >= 0.3 is 0 Å². The van der Waals surface area contributed by atoms with E-state index in [1.807, 2.05) is 0 Å². The maximum Gasteiger partial charge on any atom is 0.237 e. The first-order valence-corrected chi connectivity index (χ1v) is 7.61. The minimum atomic E-state index is 0.0578. The van der Waals surface area contributed by atoms with Crippen LogP contribution >= 0.6 is 0 Å². The van der Waals surface area contributed by atoms with Crippen LogP contribution in [0.5, 0.6) is 0 Å². The van der Waals surface area contributed by atoms with E-state index in [9.17, 15) is 4.79 Å². The molecule has 2 fully saturated rings. The Hall–Kier alpha value is -0.570. The molecule has 0 radical (unpaired) electrons. The molecule has 2 rings (SSSR count). The molecule has 0 bridgehead atoms. The molecule has 1 saturated heterocycles. The Morgan fingerprint density at radius 1 is 1.11 bits per heavy atom. The van der Waals surface area contributed by atoms with Crippen LogP contribution in [0.4, 0.5) is 0 Å². The third kappa shape index (κ3) is 3.98. The van der Waals surface area contributed by atoms with E-state index in [0.29, 0.717) is 11.5 Å². The average molecular weight is 252 g/mol. The molecular formula is C15H28N2O. The topological polar surface area (TPSA) is 41.1 Å². The fraction of sp³-hybridized carbons (Fsp3) is 0.933. The zero-order valence-electron chi connectivity index (χ0n) is 11.9. The van der Waals surface area contributed by atoms with Gasteiger partial charge in [-0.3, -0.25) is 4.79 Å². The van der Waals surface area contributed by atoms with E-state index in [1.54, 1.807) is 0 Å². The largest absolute Gasteiger partial charge is 0.352 e. The predicted molar refractivity (Wildman–Crippen MR) is 74.4 cm³/mol. The van der Waals surface area contributed by atoms with Gasteiger partial charge in [0.2, 0.25) is 5.91 Å². The third-order valence-electron chi connectivity index (χ3n) is 4.56. The Bertz CT molecular complexity index is 270. The van der Waals surface area contributed by atoms with Crippen LogP contribution in [0.3, 0.4) is 0 Å². The second-order valence-electron chi connectivity index (χ2n) is 6.80. The Balaban J connectivity index is 1.77. The van der Waals surface area contributed by atoms with Crippen LogP contribution in [-0.4, -0.2) is 24.5 Å². The van der Waals surface area contributed by atoms with Gasteiger partial charge in [-0.05, 0) is 50.5 Å². The van der Waals surface area contributed by atoms with E-state index in [4.69, 9.17) is 0 Å². The van der Waals surface area contributed by atoms with E-state index in [1.165, 1.54) is 32.1 Å². The molecule has 0 aromatic heterocycles. The molecular weight excluding hydrogens is 224 g/mol. The van der Waals surface area contributed by atoms with E-state index >= 15 is 0 Å². The van der Waals surface area contributed by atoms with Gasteiger partial charge in [0.15, 0.2) is 0 Å². The van der Waals surface area contributed by atoms with Gasteiger partial charge in [0.1, 0.15) is 0 Å². The van der Waals surface area contributed by atoms with Crippen molar-refractivity contribution in [2.24, 2.45) is 5.41 Å². The maximum atomic E-state index is 12.2. The van der Waals surface area contributed by atoms with Crippen LogP contribution in [0.15, 0.2) is 0 Å². The molecule has 3 heteroatoms. The van der Waals surface area contributed by atoms with Gasteiger partial charge in [-0.2, -0.15) is 0 Å². The van der Waals surface area contributed by atoms with Crippen molar-refractivity contribution in [2.45, 2.75) is 77.3 Å². The van der Waals surface area contributed by atoms with Crippen LogP contribution < -0.4 is 10.6 Å². The van der Waals surface area contributed by atoms with Gasteiger partial charge < -0.3 is 10.6 Å². The summed E-state index contributed by atoms with van der Waals surface area (Å²) in [4.78, 5) is 12.2. The van der Waals surface area contributed by atoms with Gasteiger partial charge in [-0.25, -0.2) is 0 Å². The quantitative estimate of drug-likeness (QED) is 0.793. The normalized spacial score (nSPS) is 29.6. The number of amides is 1. The highest BCUT2D eigenvalue weighted by molar-refractivity contribution is 5.82. The van der Waals surface area contributed by atoms with E-state index in [2.05, 4.69) is 24.5 Å². The second kappa shape index (κ2) is 6.05. The number of hydrogen-bond donors (Lipinski definition) is 2. The highest BCUT2D eigenvalue weighted by atomic mass is 16.2. The van der Waals surface area contributed by atoms with Crippen molar-refractivity contribution >= 4 is 5.91 Å². The SMILES string of the molecule is CC1(C)CCC(NC(=O)C2CCCCCN2)CC1. The molecule has 2 aliphatic rings. The minimum absolute atomic E-state index is 0.0578. The highest BCUT2D eigenvalue weighted by Gasteiger charge is 2.29. The van der Waals surface area contributed by atoms with Crippen LogP contribution in [0, 0.1) is 5.41 Å². The van der Waals surface area contributed by atoms with E-state index in [0.717, 1.165) is 25.8 Å². The van der Waals surface area contributed by atoms with Gasteiger partial charge in [-0.1, -0.05) is 26.7 Å². The van der Waals surface area contributed by atoms with Crippen molar-refractivity contribution in [2.75, 3.05) is 6.54 Å². The van der Waals surface area contributed by atoms with Crippen LogP contribution in [0.25, 0.3) is 0 Å². The molecule has 18 heavy (non-hydrogen) atoms. The molecule has 1 unspecified atom stereocenters. The number of carbonyl (C=O) groups excluding carboxylic acids is 1. The molecule has 104 valence electrons. The summed E-state index contributed by atoms with van der Waals surface area (Å²) in [5, 5.41) is 6.63. The summed E-state index contributed by atoms with van der Waals surface area (Å²) in [6, 6.07) is 0.470. The lowest BCUT2D eigenvalue weighted by molar-refractivity contribution is -0.124. The smallest absolute Gasteiger partial charge is 0.237 e. The molecule has 0 aromatic carbocycles. The fourth-order valence-corrected chi connectivity index (χ4v) is 3.10. The molecule has 0 aromatic rings.